The molecule has 0 saturated heterocycles. The van der Waals surface area contributed by atoms with E-state index in [1.54, 1.807) is 0 Å². The maximum atomic E-state index is 13.5. The SMILES string of the molecule is N[C@@H](CCNC(=O)c1ccc(F)cc1F)Cc1cc(F)c(F)cc1F. The molecular formula is C17H15F5N2O. The van der Waals surface area contributed by atoms with Crippen molar-refractivity contribution in [2.75, 3.05) is 6.54 Å². The van der Waals surface area contributed by atoms with Crippen LogP contribution in [0.2, 0.25) is 0 Å². The van der Waals surface area contributed by atoms with Crippen molar-refractivity contribution in [3.63, 3.8) is 0 Å². The molecule has 0 spiro atoms. The van der Waals surface area contributed by atoms with Crippen LogP contribution in [0.5, 0.6) is 0 Å². The zero-order valence-corrected chi connectivity index (χ0v) is 13.0. The minimum Gasteiger partial charge on any atom is -0.352 e. The lowest BCUT2D eigenvalue weighted by Gasteiger charge is -2.13. The lowest BCUT2D eigenvalue weighted by molar-refractivity contribution is 0.0948. The molecule has 8 heteroatoms. The lowest BCUT2D eigenvalue weighted by Crippen LogP contribution is -2.32. The van der Waals surface area contributed by atoms with E-state index in [0.29, 0.717) is 12.1 Å². The number of nitrogens with two attached hydrogens (primary N) is 1. The quantitative estimate of drug-likeness (QED) is 0.616. The van der Waals surface area contributed by atoms with Gasteiger partial charge in [0.2, 0.25) is 0 Å². The minimum atomic E-state index is -1.29. The second-order valence-electron chi connectivity index (χ2n) is 5.49. The number of rotatable bonds is 6. The lowest BCUT2D eigenvalue weighted by atomic mass is 10.0. The number of nitrogens with one attached hydrogen (secondary N) is 1. The van der Waals surface area contributed by atoms with Crippen LogP contribution < -0.4 is 11.1 Å². The highest BCUT2D eigenvalue weighted by molar-refractivity contribution is 5.94. The third kappa shape index (κ3) is 4.99. The van der Waals surface area contributed by atoms with E-state index in [9.17, 15) is 26.7 Å². The van der Waals surface area contributed by atoms with Gasteiger partial charge in [0.25, 0.3) is 5.91 Å². The Morgan fingerprint density at radius 2 is 1.64 bits per heavy atom. The molecule has 2 aromatic rings. The van der Waals surface area contributed by atoms with Crippen LogP contribution in [0.1, 0.15) is 22.3 Å². The summed E-state index contributed by atoms with van der Waals surface area (Å²) < 4.78 is 65.8. The van der Waals surface area contributed by atoms with Crippen molar-refractivity contribution < 1.29 is 26.7 Å². The molecule has 2 rings (SSSR count). The Morgan fingerprint density at radius 1 is 0.960 bits per heavy atom. The van der Waals surface area contributed by atoms with Gasteiger partial charge >= 0.3 is 0 Å². The summed E-state index contributed by atoms with van der Waals surface area (Å²) in [6.07, 6.45) is 0.122. The Hall–Kier alpha value is -2.48. The highest BCUT2D eigenvalue weighted by atomic mass is 19.2. The molecule has 0 aliphatic rings. The van der Waals surface area contributed by atoms with Crippen molar-refractivity contribution in [2.24, 2.45) is 5.73 Å². The van der Waals surface area contributed by atoms with E-state index in [-0.39, 0.29) is 30.5 Å². The molecule has 3 nitrogen and oxygen atoms in total. The van der Waals surface area contributed by atoms with E-state index in [1.807, 2.05) is 0 Å². The number of carbonyl (C=O) groups is 1. The summed E-state index contributed by atoms with van der Waals surface area (Å²) in [6, 6.07) is 3.09. The van der Waals surface area contributed by atoms with Crippen LogP contribution in [0.15, 0.2) is 30.3 Å². The summed E-state index contributed by atoms with van der Waals surface area (Å²) in [5, 5.41) is 2.40. The predicted octanol–water partition coefficient (Wildman–Crippen LogP) is 3.07. The number of benzene rings is 2. The average Bonchev–Trinajstić information content (AvgIpc) is 2.52. The minimum absolute atomic E-state index is 0.0438. The van der Waals surface area contributed by atoms with Crippen LogP contribution in [0, 0.1) is 29.1 Å². The topological polar surface area (TPSA) is 55.1 Å². The highest BCUT2D eigenvalue weighted by Crippen LogP contribution is 2.15. The Kier molecular flexibility index (Phi) is 6.08. The zero-order chi connectivity index (χ0) is 18.6. The fraction of sp³-hybridized carbons (Fsp3) is 0.235. The van der Waals surface area contributed by atoms with E-state index in [0.717, 1.165) is 18.2 Å². The van der Waals surface area contributed by atoms with E-state index in [2.05, 4.69) is 5.32 Å². The first-order chi connectivity index (χ1) is 11.8. The standard InChI is InChI=1S/C17H15F5N2O/c18-10-1-2-12(14(20)7-10)17(25)24-4-3-11(23)5-9-6-15(21)16(22)8-13(9)19/h1-2,6-8,11H,3-5,23H2,(H,24,25)/t11-/m0/s1. The molecule has 0 unspecified atom stereocenters. The maximum Gasteiger partial charge on any atom is 0.254 e. The molecule has 0 fully saturated rings. The van der Waals surface area contributed by atoms with Crippen LogP contribution in [-0.2, 0) is 6.42 Å². The Labute approximate surface area is 140 Å². The van der Waals surface area contributed by atoms with Crippen molar-refractivity contribution in [3.8, 4) is 0 Å². The molecule has 1 atom stereocenters. The van der Waals surface area contributed by atoms with Crippen LogP contribution >= 0.6 is 0 Å². The Morgan fingerprint density at radius 3 is 2.32 bits per heavy atom. The molecule has 2 aromatic carbocycles. The zero-order valence-electron chi connectivity index (χ0n) is 13.0. The number of carbonyl (C=O) groups excluding carboxylic acids is 1. The molecule has 134 valence electrons. The van der Waals surface area contributed by atoms with Gasteiger partial charge in [-0.15, -0.1) is 0 Å². The van der Waals surface area contributed by atoms with Crippen molar-refractivity contribution in [1.82, 2.24) is 5.32 Å². The Bertz CT molecular complexity index is 782. The van der Waals surface area contributed by atoms with Crippen molar-refractivity contribution in [1.29, 1.82) is 0 Å². The summed E-state index contributed by atoms with van der Waals surface area (Å²) in [5.41, 5.74) is 5.38. The molecular weight excluding hydrogens is 343 g/mol. The smallest absolute Gasteiger partial charge is 0.254 e. The largest absolute Gasteiger partial charge is 0.352 e. The number of hydrogen-bond donors (Lipinski definition) is 2. The first kappa shape index (κ1) is 18.9. The first-order valence-corrected chi connectivity index (χ1v) is 7.40. The monoisotopic (exact) mass is 358 g/mol. The molecule has 0 saturated carbocycles. The predicted molar refractivity (Wildman–Crippen MR) is 81.3 cm³/mol. The van der Waals surface area contributed by atoms with Crippen LogP contribution in [-0.4, -0.2) is 18.5 Å². The molecule has 0 aromatic heterocycles. The third-order valence-corrected chi connectivity index (χ3v) is 3.55. The highest BCUT2D eigenvalue weighted by Gasteiger charge is 2.15. The number of halogens is 5. The molecule has 0 bridgehead atoms. The first-order valence-electron chi connectivity index (χ1n) is 7.40. The maximum absolute atomic E-state index is 13.5. The van der Waals surface area contributed by atoms with Gasteiger partial charge in [0.05, 0.1) is 5.56 Å². The van der Waals surface area contributed by atoms with Crippen LogP contribution in [0.4, 0.5) is 22.0 Å². The third-order valence-electron chi connectivity index (χ3n) is 3.55. The van der Waals surface area contributed by atoms with Gasteiger partial charge < -0.3 is 11.1 Å². The summed E-state index contributed by atoms with van der Waals surface area (Å²) in [6.45, 7) is 0.0438. The second kappa shape index (κ2) is 8.06. The molecule has 0 aliphatic heterocycles. The molecule has 25 heavy (non-hydrogen) atoms. The van der Waals surface area contributed by atoms with Crippen molar-refractivity contribution >= 4 is 5.91 Å². The van der Waals surface area contributed by atoms with Crippen molar-refractivity contribution in [2.45, 2.75) is 18.9 Å². The van der Waals surface area contributed by atoms with Crippen LogP contribution in [0.3, 0.4) is 0 Å². The van der Waals surface area contributed by atoms with Crippen LogP contribution in [0.25, 0.3) is 0 Å². The van der Waals surface area contributed by atoms with E-state index >= 15 is 0 Å². The van der Waals surface area contributed by atoms with Gasteiger partial charge in [0.15, 0.2) is 11.6 Å². The van der Waals surface area contributed by atoms with E-state index in [1.165, 1.54) is 0 Å². The van der Waals surface area contributed by atoms with Crippen molar-refractivity contribution in [3.05, 3.63) is 70.5 Å². The number of amides is 1. The van der Waals surface area contributed by atoms with Gasteiger partial charge in [-0.1, -0.05) is 0 Å². The normalized spacial score (nSPS) is 12.1. The average molecular weight is 358 g/mol. The summed E-state index contributed by atoms with van der Waals surface area (Å²) in [4.78, 5) is 11.8. The fourth-order valence-corrected chi connectivity index (χ4v) is 2.24. The molecule has 3 N–H and O–H groups in total. The fourth-order valence-electron chi connectivity index (χ4n) is 2.24. The summed E-state index contributed by atoms with van der Waals surface area (Å²) in [5.74, 6) is -5.92. The van der Waals surface area contributed by atoms with Gasteiger partial charge in [-0.3, -0.25) is 4.79 Å². The second-order valence-corrected chi connectivity index (χ2v) is 5.49. The van der Waals surface area contributed by atoms with E-state index in [4.69, 9.17) is 5.73 Å². The Balaban J connectivity index is 1.87. The van der Waals surface area contributed by atoms with Gasteiger partial charge in [-0.25, -0.2) is 22.0 Å². The number of hydrogen-bond acceptors (Lipinski definition) is 2. The summed E-state index contributed by atoms with van der Waals surface area (Å²) in [7, 11) is 0. The molecule has 0 heterocycles. The molecule has 0 aliphatic carbocycles. The van der Waals surface area contributed by atoms with Gasteiger partial charge in [0, 0.05) is 24.7 Å². The summed E-state index contributed by atoms with van der Waals surface area (Å²) >= 11 is 0. The van der Waals surface area contributed by atoms with Gasteiger partial charge in [0.1, 0.15) is 17.5 Å². The van der Waals surface area contributed by atoms with Gasteiger partial charge in [-0.2, -0.15) is 0 Å². The van der Waals surface area contributed by atoms with E-state index < -0.39 is 41.0 Å². The molecule has 1 amide bonds. The molecule has 0 radical (unpaired) electrons. The van der Waals surface area contributed by atoms with Gasteiger partial charge in [-0.05, 0) is 36.6 Å².